The van der Waals surface area contributed by atoms with Crippen molar-refractivity contribution in [2.75, 3.05) is 11.9 Å². The second kappa shape index (κ2) is 7.48. The average molecular weight is 467 g/mol. The standard InChI is InChI=1S/C19H16BrFN2O4S/c1-11-9-15(7-8-16(11)20)22-17(24)10-23-19(25)12(2)18(28(23,26)27)13-3-5-14(21)6-4-13/h3-9H,10H2,1-2H3,(H,22,24). The Morgan fingerprint density at radius 1 is 1.14 bits per heavy atom. The second-order valence-electron chi connectivity index (χ2n) is 6.29. The molecular formula is C19H16BrFN2O4S. The van der Waals surface area contributed by atoms with E-state index in [-0.39, 0.29) is 16.0 Å². The van der Waals surface area contributed by atoms with Gasteiger partial charge in [-0.15, -0.1) is 0 Å². The summed E-state index contributed by atoms with van der Waals surface area (Å²) in [4.78, 5) is 24.6. The number of hydrogen-bond acceptors (Lipinski definition) is 4. The number of sulfonamides is 1. The van der Waals surface area contributed by atoms with Gasteiger partial charge >= 0.3 is 0 Å². The van der Waals surface area contributed by atoms with Crippen LogP contribution in [0.3, 0.4) is 0 Å². The van der Waals surface area contributed by atoms with Crippen molar-refractivity contribution in [3.63, 3.8) is 0 Å². The number of hydrogen-bond donors (Lipinski definition) is 1. The fourth-order valence-electron chi connectivity index (χ4n) is 2.87. The molecule has 0 radical (unpaired) electrons. The number of aryl methyl sites for hydroxylation is 1. The van der Waals surface area contributed by atoms with Crippen molar-refractivity contribution >= 4 is 48.4 Å². The maximum atomic E-state index is 13.2. The Morgan fingerprint density at radius 3 is 2.39 bits per heavy atom. The molecule has 3 rings (SSSR count). The highest BCUT2D eigenvalue weighted by atomic mass is 79.9. The van der Waals surface area contributed by atoms with E-state index < -0.39 is 34.2 Å². The summed E-state index contributed by atoms with van der Waals surface area (Å²) in [7, 11) is -4.22. The third kappa shape index (κ3) is 3.72. The molecule has 2 aromatic rings. The highest BCUT2D eigenvalue weighted by Gasteiger charge is 2.43. The Hall–Kier alpha value is -2.52. The van der Waals surface area contributed by atoms with Gasteiger partial charge in [-0.3, -0.25) is 9.59 Å². The van der Waals surface area contributed by atoms with E-state index in [1.165, 1.54) is 19.1 Å². The van der Waals surface area contributed by atoms with Crippen LogP contribution < -0.4 is 5.32 Å². The lowest BCUT2D eigenvalue weighted by Crippen LogP contribution is -2.38. The van der Waals surface area contributed by atoms with Gasteiger partial charge in [0.15, 0.2) is 0 Å². The second-order valence-corrected chi connectivity index (χ2v) is 8.94. The monoisotopic (exact) mass is 466 g/mol. The summed E-state index contributed by atoms with van der Waals surface area (Å²) in [6, 6.07) is 9.92. The molecule has 2 aromatic carbocycles. The minimum absolute atomic E-state index is 0.0149. The van der Waals surface area contributed by atoms with Gasteiger partial charge in [-0.05, 0) is 55.3 Å². The molecule has 146 valence electrons. The third-order valence-corrected chi connectivity index (χ3v) is 7.09. The van der Waals surface area contributed by atoms with Gasteiger partial charge in [0.05, 0.1) is 0 Å². The van der Waals surface area contributed by atoms with Crippen LogP contribution in [-0.4, -0.2) is 31.1 Å². The van der Waals surface area contributed by atoms with Gasteiger partial charge in [0.25, 0.3) is 15.9 Å². The lowest BCUT2D eigenvalue weighted by atomic mass is 10.1. The first-order valence-electron chi connectivity index (χ1n) is 8.21. The number of nitrogens with zero attached hydrogens (tertiary/aromatic N) is 1. The molecule has 0 aromatic heterocycles. The minimum atomic E-state index is -4.22. The Kier molecular flexibility index (Phi) is 5.40. The van der Waals surface area contributed by atoms with Crippen molar-refractivity contribution in [2.45, 2.75) is 13.8 Å². The van der Waals surface area contributed by atoms with Gasteiger partial charge in [0, 0.05) is 15.7 Å². The van der Waals surface area contributed by atoms with Crippen molar-refractivity contribution < 1.29 is 22.4 Å². The molecular weight excluding hydrogens is 451 g/mol. The first-order chi connectivity index (χ1) is 13.1. The van der Waals surface area contributed by atoms with E-state index in [9.17, 15) is 22.4 Å². The Balaban J connectivity index is 1.83. The molecule has 1 heterocycles. The van der Waals surface area contributed by atoms with Gasteiger partial charge in [-0.2, -0.15) is 0 Å². The number of amides is 2. The normalized spacial score (nSPS) is 15.9. The van der Waals surface area contributed by atoms with Gasteiger partial charge in [-0.1, -0.05) is 28.1 Å². The summed E-state index contributed by atoms with van der Waals surface area (Å²) in [5.74, 6) is -1.95. The SMILES string of the molecule is CC1=C(c2ccc(F)cc2)S(=O)(=O)N(CC(=O)Nc2ccc(Br)c(C)c2)C1=O. The fourth-order valence-corrected chi connectivity index (χ4v) is 4.89. The van der Waals surface area contributed by atoms with Crippen LogP contribution in [0, 0.1) is 12.7 Å². The van der Waals surface area contributed by atoms with Crippen molar-refractivity contribution in [1.82, 2.24) is 4.31 Å². The zero-order valence-corrected chi connectivity index (χ0v) is 17.4. The summed E-state index contributed by atoms with van der Waals surface area (Å²) in [6.07, 6.45) is 0. The maximum absolute atomic E-state index is 13.2. The largest absolute Gasteiger partial charge is 0.325 e. The van der Waals surface area contributed by atoms with Gasteiger partial charge < -0.3 is 5.32 Å². The summed E-state index contributed by atoms with van der Waals surface area (Å²) >= 11 is 3.36. The molecule has 0 spiro atoms. The molecule has 6 nitrogen and oxygen atoms in total. The highest BCUT2D eigenvalue weighted by molar-refractivity contribution is 9.10. The molecule has 0 bridgehead atoms. The molecule has 0 atom stereocenters. The Bertz CT molecular complexity index is 1110. The number of anilines is 1. The van der Waals surface area contributed by atoms with E-state index in [1.807, 2.05) is 6.92 Å². The summed E-state index contributed by atoms with van der Waals surface area (Å²) in [5, 5.41) is 2.59. The predicted octanol–water partition coefficient (Wildman–Crippen LogP) is 3.44. The molecule has 2 amide bonds. The molecule has 0 saturated heterocycles. The number of halogens is 2. The Morgan fingerprint density at radius 2 is 1.79 bits per heavy atom. The van der Waals surface area contributed by atoms with Crippen LogP contribution in [0.5, 0.6) is 0 Å². The van der Waals surface area contributed by atoms with Crippen LogP contribution in [0.25, 0.3) is 4.91 Å². The number of carbonyl (C=O) groups is 2. The number of nitrogens with one attached hydrogen (secondary N) is 1. The average Bonchev–Trinajstić information content (AvgIpc) is 2.79. The summed E-state index contributed by atoms with van der Waals surface area (Å²) < 4.78 is 40.3. The molecule has 0 fully saturated rings. The summed E-state index contributed by atoms with van der Waals surface area (Å²) in [5.41, 5.74) is 1.55. The van der Waals surface area contributed by atoms with Crippen molar-refractivity contribution in [2.24, 2.45) is 0 Å². The smallest absolute Gasteiger partial charge is 0.268 e. The lowest BCUT2D eigenvalue weighted by molar-refractivity contribution is -0.126. The third-order valence-electron chi connectivity index (χ3n) is 4.27. The van der Waals surface area contributed by atoms with E-state index in [1.54, 1.807) is 18.2 Å². The lowest BCUT2D eigenvalue weighted by Gasteiger charge is -2.16. The van der Waals surface area contributed by atoms with E-state index in [4.69, 9.17) is 0 Å². The molecule has 0 aliphatic carbocycles. The molecule has 1 N–H and O–H groups in total. The summed E-state index contributed by atoms with van der Waals surface area (Å²) in [6.45, 7) is 2.56. The van der Waals surface area contributed by atoms with Crippen LogP contribution in [0.15, 0.2) is 52.5 Å². The van der Waals surface area contributed by atoms with Crippen molar-refractivity contribution in [1.29, 1.82) is 0 Å². The topological polar surface area (TPSA) is 83.6 Å². The molecule has 1 aliphatic rings. The van der Waals surface area contributed by atoms with Gasteiger partial charge in [0.1, 0.15) is 17.3 Å². The van der Waals surface area contributed by atoms with Crippen molar-refractivity contribution in [3.05, 3.63) is 69.5 Å². The molecule has 0 saturated carbocycles. The number of benzene rings is 2. The fraction of sp³-hybridized carbons (Fsp3) is 0.158. The van der Waals surface area contributed by atoms with Crippen LogP contribution >= 0.6 is 15.9 Å². The quantitative estimate of drug-likeness (QED) is 0.747. The predicted molar refractivity (Wildman–Crippen MR) is 107 cm³/mol. The highest BCUT2D eigenvalue weighted by Crippen LogP contribution is 2.35. The number of carbonyl (C=O) groups excluding carboxylic acids is 2. The molecule has 28 heavy (non-hydrogen) atoms. The first-order valence-corrected chi connectivity index (χ1v) is 10.4. The van der Waals surface area contributed by atoms with Gasteiger partial charge in [-0.25, -0.2) is 17.1 Å². The van der Waals surface area contributed by atoms with E-state index >= 15 is 0 Å². The van der Waals surface area contributed by atoms with E-state index in [0.29, 0.717) is 9.99 Å². The van der Waals surface area contributed by atoms with Gasteiger partial charge in [0.2, 0.25) is 5.91 Å². The van der Waals surface area contributed by atoms with Crippen LogP contribution in [-0.2, 0) is 19.6 Å². The van der Waals surface area contributed by atoms with E-state index in [2.05, 4.69) is 21.2 Å². The number of rotatable bonds is 4. The first kappa shape index (κ1) is 20.2. The maximum Gasteiger partial charge on any atom is 0.268 e. The molecule has 0 unspecified atom stereocenters. The van der Waals surface area contributed by atoms with Crippen molar-refractivity contribution in [3.8, 4) is 0 Å². The zero-order chi connectivity index (χ0) is 20.6. The van der Waals surface area contributed by atoms with E-state index in [0.717, 1.165) is 22.2 Å². The molecule has 9 heteroatoms. The van der Waals surface area contributed by atoms with Crippen LogP contribution in [0.2, 0.25) is 0 Å². The zero-order valence-electron chi connectivity index (χ0n) is 15.0. The molecule has 1 aliphatic heterocycles. The van der Waals surface area contributed by atoms with Crippen LogP contribution in [0.1, 0.15) is 18.1 Å². The van der Waals surface area contributed by atoms with Crippen LogP contribution in [0.4, 0.5) is 10.1 Å². The minimum Gasteiger partial charge on any atom is -0.325 e. The Labute approximate surface area is 170 Å².